The van der Waals surface area contributed by atoms with Crippen molar-refractivity contribution in [2.75, 3.05) is 11.1 Å². The van der Waals surface area contributed by atoms with Crippen molar-refractivity contribution in [2.45, 2.75) is 67.6 Å². The van der Waals surface area contributed by atoms with Gasteiger partial charge in [-0.15, -0.1) is 5.10 Å². The number of aliphatic hydroxyl groups is 2. The maximum atomic E-state index is 10.5. The number of hydrogen-bond acceptors (Lipinski definition) is 9. The smallest absolute Gasteiger partial charge is 0.191 e. The number of rotatable bonds is 7. The fourth-order valence-electron chi connectivity index (χ4n) is 4.27. The first-order valence-electron chi connectivity index (χ1n) is 10.8. The van der Waals surface area contributed by atoms with Crippen molar-refractivity contribution < 1.29 is 10.2 Å². The van der Waals surface area contributed by atoms with E-state index in [1.165, 1.54) is 5.56 Å². The van der Waals surface area contributed by atoms with Gasteiger partial charge in [-0.05, 0) is 24.8 Å². The first-order chi connectivity index (χ1) is 15.1. The van der Waals surface area contributed by atoms with Crippen LogP contribution >= 0.6 is 11.8 Å². The van der Waals surface area contributed by atoms with E-state index in [0.717, 1.165) is 18.6 Å². The van der Waals surface area contributed by atoms with Crippen LogP contribution in [-0.2, 0) is 0 Å². The Balaban J connectivity index is 1.47. The summed E-state index contributed by atoms with van der Waals surface area (Å²) >= 11 is 1.58. The number of anilines is 1. The van der Waals surface area contributed by atoms with Crippen LogP contribution in [0.25, 0.3) is 11.2 Å². The number of thioether (sulfide) groups is 1. The van der Waals surface area contributed by atoms with Gasteiger partial charge in [-0.2, -0.15) is 0 Å². The minimum absolute atomic E-state index is 0.280. The summed E-state index contributed by atoms with van der Waals surface area (Å²) in [5.41, 5.74) is 8.40. The zero-order valence-electron chi connectivity index (χ0n) is 17.3. The maximum Gasteiger partial charge on any atom is 0.191 e. The molecule has 2 heterocycles. The van der Waals surface area contributed by atoms with Crippen molar-refractivity contribution >= 4 is 28.7 Å². The van der Waals surface area contributed by atoms with Gasteiger partial charge in [0.2, 0.25) is 0 Å². The third-order valence-corrected chi connectivity index (χ3v) is 7.14. The summed E-state index contributed by atoms with van der Waals surface area (Å²) in [5.74, 6) is 2.01. The molecule has 5 rings (SSSR count). The molecular weight excluding hydrogens is 414 g/mol. The Morgan fingerprint density at radius 3 is 2.68 bits per heavy atom. The largest absolute Gasteiger partial charge is 0.389 e. The molecule has 0 bridgehead atoms. The number of nitrogens with two attached hydrogens (primary N) is 1. The van der Waals surface area contributed by atoms with Gasteiger partial charge in [0.15, 0.2) is 22.1 Å². The molecule has 0 aliphatic heterocycles. The zero-order chi connectivity index (χ0) is 21.5. The van der Waals surface area contributed by atoms with Crippen molar-refractivity contribution in [3.63, 3.8) is 0 Å². The van der Waals surface area contributed by atoms with Gasteiger partial charge in [-0.3, -0.25) is 0 Å². The number of aliphatic hydroxyl groups excluding tert-OH is 2. The standard InChI is InChI=1S/C21H27N7O2S/c1-2-8-31-21-24-19(23-14-9-12(14)11-6-4-3-5-7-11)16-20(25-21)28(27-26-16)15-10-13(22)17(29)18(15)30/h3-7,12-15,17-18,29-30H,2,8-10,22H2,1H3,(H,23,24,25)/t12?,13-,14?,15-,17-,18+/m0/s1. The highest BCUT2D eigenvalue weighted by atomic mass is 32.2. The summed E-state index contributed by atoms with van der Waals surface area (Å²) in [4.78, 5) is 9.41. The van der Waals surface area contributed by atoms with E-state index in [0.29, 0.717) is 34.5 Å². The Hall–Kier alpha value is -2.27. The molecule has 2 fully saturated rings. The number of benzene rings is 1. The summed E-state index contributed by atoms with van der Waals surface area (Å²) < 4.78 is 1.60. The van der Waals surface area contributed by atoms with Crippen LogP contribution in [-0.4, -0.2) is 65.2 Å². The topological polar surface area (TPSA) is 135 Å². The highest BCUT2D eigenvalue weighted by Gasteiger charge is 2.43. The fourth-order valence-corrected chi connectivity index (χ4v) is 4.97. The lowest BCUT2D eigenvalue weighted by Gasteiger charge is -2.16. The predicted octanol–water partition coefficient (Wildman–Crippen LogP) is 1.69. The molecule has 1 aromatic carbocycles. The molecule has 2 unspecified atom stereocenters. The average molecular weight is 442 g/mol. The lowest BCUT2D eigenvalue weighted by atomic mass is 10.1. The number of hydrogen-bond donors (Lipinski definition) is 4. The van der Waals surface area contributed by atoms with Crippen LogP contribution in [0.1, 0.15) is 43.7 Å². The minimum atomic E-state index is -1.01. The Morgan fingerprint density at radius 2 is 1.97 bits per heavy atom. The van der Waals surface area contributed by atoms with Gasteiger partial charge < -0.3 is 21.3 Å². The van der Waals surface area contributed by atoms with Crippen molar-refractivity contribution in [3.8, 4) is 0 Å². The molecule has 2 aromatic heterocycles. The second-order valence-corrected chi connectivity index (χ2v) is 9.42. The van der Waals surface area contributed by atoms with Crippen LogP contribution in [0.15, 0.2) is 35.5 Å². The van der Waals surface area contributed by atoms with Gasteiger partial charge in [0, 0.05) is 23.8 Å². The van der Waals surface area contributed by atoms with E-state index >= 15 is 0 Å². The molecular formula is C21H27N7O2S. The third-order valence-electron chi connectivity index (χ3n) is 6.09. The minimum Gasteiger partial charge on any atom is -0.389 e. The molecule has 10 heteroatoms. The maximum absolute atomic E-state index is 10.5. The van der Waals surface area contributed by atoms with Crippen molar-refractivity contribution in [1.82, 2.24) is 25.0 Å². The summed E-state index contributed by atoms with van der Waals surface area (Å²) in [6.07, 6.45) is 0.445. The van der Waals surface area contributed by atoms with E-state index in [4.69, 9.17) is 10.7 Å². The Labute approximate surface area is 184 Å². The summed E-state index contributed by atoms with van der Waals surface area (Å²) in [6, 6.07) is 9.74. The molecule has 2 saturated carbocycles. The molecule has 3 aromatic rings. The molecule has 0 amide bonds. The Kier molecular flexibility index (Phi) is 5.55. The first-order valence-corrected chi connectivity index (χ1v) is 11.7. The van der Waals surface area contributed by atoms with Gasteiger partial charge in [0.1, 0.15) is 6.10 Å². The van der Waals surface area contributed by atoms with E-state index in [2.05, 4.69) is 51.8 Å². The zero-order valence-corrected chi connectivity index (χ0v) is 18.1. The van der Waals surface area contributed by atoms with E-state index in [9.17, 15) is 10.2 Å². The van der Waals surface area contributed by atoms with Crippen LogP contribution in [0.4, 0.5) is 5.82 Å². The van der Waals surface area contributed by atoms with Gasteiger partial charge in [0.25, 0.3) is 0 Å². The molecule has 2 aliphatic rings. The fraction of sp³-hybridized carbons (Fsp3) is 0.524. The van der Waals surface area contributed by atoms with E-state index in [1.54, 1.807) is 16.4 Å². The molecule has 6 atom stereocenters. The van der Waals surface area contributed by atoms with Crippen molar-refractivity contribution in [2.24, 2.45) is 5.73 Å². The molecule has 2 aliphatic carbocycles. The molecule has 0 spiro atoms. The molecule has 164 valence electrons. The van der Waals surface area contributed by atoms with Crippen molar-refractivity contribution in [1.29, 1.82) is 0 Å². The average Bonchev–Trinajstić information content (AvgIpc) is 3.35. The van der Waals surface area contributed by atoms with Crippen LogP contribution < -0.4 is 11.1 Å². The second kappa shape index (κ2) is 8.34. The molecule has 31 heavy (non-hydrogen) atoms. The number of nitrogens with one attached hydrogen (secondary N) is 1. The molecule has 0 saturated heterocycles. The predicted molar refractivity (Wildman–Crippen MR) is 119 cm³/mol. The number of fused-ring (bicyclic) bond motifs is 1. The van der Waals surface area contributed by atoms with E-state index in [1.807, 2.05) is 6.07 Å². The second-order valence-electron chi connectivity index (χ2n) is 8.36. The lowest BCUT2D eigenvalue weighted by Crippen LogP contribution is -2.36. The lowest BCUT2D eigenvalue weighted by molar-refractivity contribution is 0.0163. The summed E-state index contributed by atoms with van der Waals surface area (Å²) in [5, 5.41) is 33.4. The Morgan fingerprint density at radius 1 is 1.16 bits per heavy atom. The van der Waals surface area contributed by atoms with Crippen LogP contribution in [0.2, 0.25) is 0 Å². The number of nitrogens with zero attached hydrogens (tertiary/aromatic N) is 5. The van der Waals surface area contributed by atoms with Crippen LogP contribution in [0, 0.1) is 0 Å². The Bertz CT molecular complexity index is 1060. The highest BCUT2D eigenvalue weighted by Crippen LogP contribution is 2.43. The van der Waals surface area contributed by atoms with Gasteiger partial charge in [0.05, 0.1) is 12.1 Å². The van der Waals surface area contributed by atoms with Gasteiger partial charge in [-0.25, -0.2) is 14.6 Å². The van der Waals surface area contributed by atoms with E-state index < -0.39 is 24.3 Å². The number of aromatic nitrogens is 5. The third kappa shape index (κ3) is 3.89. The highest BCUT2D eigenvalue weighted by molar-refractivity contribution is 7.99. The molecule has 5 N–H and O–H groups in total. The summed E-state index contributed by atoms with van der Waals surface area (Å²) in [6.45, 7) is 2.11. The monoisotopic (exact) mass is 441 g/mol. The molecule has 0 radical (unpaired) electrons. The normalized spacial score (nSPS) is 30.1. The SMILES string of the molecule is CCCSc1nc(NC2CC2c2ccccc2)c2nnn([C@H]3C[C@H](N)[C@H](O)[C@@H]3O)c2n1. The van der Waals surface area contributed by atoms with Gasteiger partial charge >= 0.3 is 0 Å². The summed E-state index contributed by atoms with van der Waals surface area (Å²) in [7, 11) is 0. The molecule has 9 nitrogen and oxygen atoms in total. The van der Waals surface area contributed by atoms with Crippen LogP contribution in [0.3, 0.4) is 0 Å². The van der Waals surface area contributed by atoms with Crippen molar-refractivity contribution in [3.05, 3.63) is 35.9 Å². The van der Waals surface area contributed by atoms with Crippen LogP contribution in [0.5, 0.6) is 0 Å². The van der Waals surface area contributed by atoms with E-state index in [-0.39, 0.29) is 6.04 Å². The van der Waals surface area contributed by atoms with Gasteiger partial charge in [-0.1, -0.05) is 54.2 Å². The first kappa shape index (κ1) is 20.6. The quantitative estimate of drug-likeness (QED) is 0.319.